The number of rotatable bonds is 6. The molecule has 1 aliphatic heterocycles. The van der Waals surface area contributed by atoms with Gasteiger partial charge in [0.15, 0.2) is 0 Å². The van der Waals surface area contributed by atoms with Crippen LogP contribution in [0.1, 0.15) is 37.7 Å². The van der Waals surface area contributed by atoms with E-state index in [1.54, 1.807) is 19.0 Å². The molecule has 0 aromatic heterocycles. The van der Waals surface area contributed by atoms with Gasteiger partial charge in [-0.15, -0.1) is 0 Å². The average molecular weight is 332 g/mol. The van der Waals surface area contributed by atoms with Gasteiger partial charge in [0.05, 0.1) is 12.5 Å². The molecule has 1 amide bonds. The van der Waals surface area contributed by atoms with Crippen LogP contribution in [-0.4, -0.2) is 61.5 Å². The number of esters is 1. The van der Waals surface area contributed by atoms with Crippen LogP contribution in [0.3, 0.4) is 0 Å². The second kappa shape index (κ2) is 8.83. The van der Waals surface area contributed by atoms with Crippen LogP contribution in [0.5, 0.6) is 0 Å². The molecule has 1 heterocycles. The predicted octanol–water partition coefficient (Wildman–Crippen LogP) is 2.28. The van der Waals surface area contributed by atoms with E-state index in [4.69, 9.17) is 4.74 Å². The number of piperidine rings is 1. The molecule has 0 radical (unpaired) electrons. The smallest absolute Gasteiger partial charge is 0.313 e. The third kappa shape index (κ3) is 5.06. The van der Waals surface area contributed by atoms with Crippen molar-refractivity contribution >= 4 is 11.9 Å². The van der Waals surface area contributed by atoms with Gasteiger partial charge in [-0.3, -0.25) is 14.5 Å². The molecule has 2 rings (SSSR count). The summed E-state index contributed by atoms with van der Waals surface area (Å²) in [6.07, 6.45) is 2.27. The van der Waals surface area contributed by atoms with Gasteiger partial charge in [-0.2, -0.15) is 0 Å². The van der Waals surface area contributed by atoms with Crippen molar-refractivity contribution in [3.63, 3.8) is 0 Å². The fraction of sp³-hybridized carbons (Fsp3) is 0.579. The Balaban J connectivity index is 1.82. The number of likely N-dealkylation sites (tertiary alicyclic amines) is 1. The lowest BCUT2D eigenvalue weighted by Gasteiger charge is -2.32. The number of nitrogens with zero attached hydrogens (tertiary/aromatic N) is 2. The van der Waals surface area contributed by atoms with Gasteiger partial charge in [-0.1, -0.05) is 37.3 Å². The summed E-state index contributed by atoms with van der Waals surface area (Å²) in [7, 11) is 3.54. The first-order valence-electron chi connectivity index (χ1n) is 8.69. The molecule has 132 valence electrons. The van der Waals surface area contributed by atoms with Gasteiger partial charge in [0.1, 0.15) is 6.10 Å². The predicted molar refractivity (Wildman–Crippen MR) is 93.7 cm³/mol. The summed E-state index contributed by atoms with van der Waals surface area (Å²) in [4.78, 5) is 28.0. The highest BCUT2D eigenvalue weighted by atomic mass is 16.5. The Morgan fingerprint density at radius 2 is 1.83 bits per heavy atom. The summed E-state index contributed by atoms with van der Waals surface area (Å²) in [5.74, 6) is -0.216. The van der Waals surface area contributed by atoms with E-state index < -0.39 is 0 Å². The van der Waals surface area contributed by atoms with Crippen molar-refractivity contribution in [1.82, 2.24) is 9.80 Å². The fourth-order valence-corrected chi connectivity index (χ4v) is 2.99. The number of ether oxygens (including phenoxy) is 1. The zero-order valence-electron chi connectivity index (χ0n) is 14.9. The Kier molecular flexibility index (Phi) is 6.79. The molecule has 0 spiro atoms. The monoisotopic (exact) mass is 332 g/mol. The number of amides is 1. The highest BCUT2D eigenvalue weighted by Gasteiger charge is 2.27. The van der Waals surface area contributed by atoms with Crippen molar-refractivity contribution in [3.05, 3.63) is 35.9 Å². The molecule has 1 aromatic rings. The third-order valence-corrected chi connectivity index (χ3v) is 4.57. The first-order valence-corrected chi connectivity index (χ1v) is 8.69. The topological polar surface area (TPSA) is 49.9 Å². The number of carbonyl (C=O) groups excluding carboxylic acids is 2. The van der Waals surface area contributed by atoms with Crippen LogP contribution in [-0.2, 0) is 14.3 Å². The van der Waals surface area contributed by atoms with E-state index in [0.717, 1.165) is 37.9 Å². The van der Waals surface area contributed by atoms with Crippen LogP contribution in [0.25, 0.3) is 0 Å². The highest BCUT2D eigenvalue weighted by molar-refractivity contribution is 5.78. The minimum absolute atomic E-state index is 0.0408. The summed E-state index contributed by atoms with van der Waals surface area (Å²) in [6.45, 7) is 4.03. The van der Waals surface area contributed by atoms with Crippen LogP contribution in [0.4, 0.5) is 0 Å². The Morgan fingerprint density at radius 1 is 1.21 bits per heavy atom. The van der Waals surface area contributed by atoms with Gasteiger partial charge < -0.3 is 9.64 Å². The van der Waals surface area contributed by atoms with Gasteiger partial charge in [-0.05, 0) is 24.8 Å². The molecule has 1 unspecified atom stereocenters. The van der Waals surface area contributed by atoms with E-state index in [2.05, 4.69) is 4.90 Å². The van der Waals surface area contributed by atoms with Crippen molar-refractivity contribution in [2.24, 2.45) is 0 Å². The zero-order chi connectivity index (χ0) is 17.5. The Hall–Kier alpha value is -1.88. The summed E-state index contributed by atoms with van der Waals surface area (Å²) < 4.78 is 5.74. The van der Waals surface area contributed by atoms with E-state index >= 15 is 0 Å². The van der Waals surface area contributed by atoms with E-state index in [1.807, 2.05) is 37.3 Å². The minimum atomic E-state index is -0.195. The van der Waals surface area contributed by atoms with Crippen LogP contribution in [0.2, 0.25) is 0 Å². The van der Waals surface area contributed by atoms with Crippen LogP contribution in [0.15, 0.2) is 30.3 Å². The van der Waals surface area contributed by atoms with Gasteiger partial charge in [0.2, 0.25) is 5.91 Å². The minimum Gasteiger partial charge on any atom is -0.462 e. The van der Waals surface area contributed by atoms with Gasteiger partial charge in [0.25, 0.3) is 0 Å². The largest absolute Gasteiger partial charge is 0.462 e. The molecular weight excluding hydrogens is 304 g/mol. The van der Waals surface area contributed by atoms with Crippen LogP contribution >= 0.6 is 0 Å². The third-order valence-electron chi connectivity index (χ3n) is 4.57. The molecule has 0 aliphatic carbocycles. The summed E-state index contributed by atoms with van der Waals surface area (Å²) in [6, 6.07) is 9.80. The van der Waals surface area contributed by atoms with Crippen molar-refractivity contribution in [2.75, 3.05) is 33.7 Å². The van der Waals surface area contributed by atoms with Crippen molar-refractivity contribution < 1.29 is 14.3 Å². The number of hydrogen-bond donors (Lipinski definition) is 0. The number of likely N-dealkylation sites (N-methyl/N-ethyl adjacent to an activating group) is 1. The van der Waals surface area contributed by atoms with Crippen molar-refractivity contribution in [2.45, 2.75) is 38.2 Å². The molecule has 0 bridgehead atoms. The second-order valence-electron chi connectivity index (χ2n) is 6.57. The van der Waals surface area contributed by atoms with Gasteiger partial charge >= 0.3 is 5.97 Å². The second-order valence-corrected chi connectivity index (χ2v) is 6.57. The number of carbonyl (C=O) groups is 2. The molecule has 1 aliphatic rings. The van der Waals surface area contributed by atoms with Crippen LogP contribution < -0.4 is 0 Å². The maximum absolute atomic E-state index is 12.5. The molecule has 5 nitrogen and oxygen atoms in total. The Labute approximate surface area is 144 Å². The summed E-state index contributed by atoms with van der Waals surface area (Å²) >= 11 is 0. The lowest BCUT2D eigenvalue weighted by molar-refractivity contribution is -0.153. The first-order chi connectivity index (χ1) is 11.5. The zero-order valence-corrected chi connectivity index (χ0v) is 14.9. The maximum atomic E-state index is 12.5. The van der Waals surface area contributed by atoms with E-state index in [1.165, 1.54) is 0 Å². The molecule has 1 aromatic carbocycles. The lowest BCUT2D eigenvalue weighted by Crippen LogP contribution is -2.43. The molecule has 1 atom stereocenters. The molecule has 1 saturated heterocycles. The molecule has 0 N–H and O–H groups in total. The summed E-state index contributed by atoms with van der Waals surface area (Å²) in [5.41, 5.74) is 1.01. The SMILES string of the molecule is CCC(C(=O)OC1CCN(CC(=O)N(C)C)CC1)c1ccccc1. The molecule has 24 heavy (non-hydrogen) atoms. The maximum Gasteiger partial charge on any atom is 0.313 e. The Morgan fingerprint density at radius 3 is 2.38 bits per heavy atom. The van der Waals surface area contributed by atoms with E-state index in [0.29, 0.717) is 6.54 Å². The standard InChI is InChI=1S/C19H28N2O3/c1-4-17(15-8-6-5-7-9-15)19(23)24-16-10-12-21(13-11-16)14-18(22)20(2)3/h5-9,16-17H,4,10-14H2,1-3H3. The fourth-order valence-electron chi connectivity index (χ4n) is 2.99. The van der Waals surface area contributed by atoms with Gasteiger partial charge in [-0.25, -0.2) is 0 Å². The van der Waals surface area contributed by atoms with E-state index in [-0.39, 0.29) is 23.9 Å². The normalized spacial score (nSPS) is 17.3. The number of benzene rings is 1. The Bertz CT molecular complexity index is 537. The van der Waals surface area contributed by atoms with E-state index in [9.17, 15) is 9.59 Å². The quantitative estimate of drug-likeness (QED) is 0.750. The molecule has 5 heteroatoms. The molecule has 1 fully saturated rings. The highest BCUT2D eigenvalue weighted by Crippen LogP contribution is 2.23. The average Bonchev–Trinajstić information content (AvgIpc) is 2.58. The molecular formula is C19H28N2O3. The lowest BCUT2D eigenvalue weighted by atomic mass is 9.96. The van der Waals surface area contributed by atoms with Crippen LogP contribution in [0, 0.1) is 0 Å². The molecule has 0 saturated carbocycles. The van der Waals surface area contributed by atoms with Crippen molar-refractivity contribution in [1.29, 1.82) is 0 Å². The van der Waals surface area contributed by atoms with Gasteiger partial charge in [0, 0.05) is 27.2 Å². The van der Waals surface area contributed by atoms with Crippen molar-refractivity contribution in [3.8, 4) is 0 Å². The first kappa shape index (κ1) is 18.5. The summed E-state index contributed by atoms with van der Waals surface area (Å²) in [5, 5.41) is 0. The number of hydrogen-bond acceptors (Lipinski definition) is 4.